The highest BCUT2D eigenvalue weighted by Crippen LogP contribution is 2.23. The van der Waals surface area contributed by atoms with Crippen LogP contribution < -0.4 is 0 Å². The fourth-order valence-electron chi connectivity index (χ4n) is 2.34. The summed E-state index contributed by atoms with van der Waals surface area (Å²) < 4.78 is 12.1. The first-order chi connectivity index (χ1) is 12.1. The molecule has 0 atom stereocenters. The van der Waals surface area contributed by atoms with Gasteiger partial charge in [-0.05, 0) is 31.4 Å². The van der Waals surface area contributed by atoms with Crippen LogP contribution in [-0.4, -0.2) is 30.5 Å². The molecule has 4 aromatic heterocycles. The van der Waals surface area contributed by atoms with Crippen LogP contribution >= 0.6 is 11.3 Å². The van der Waals surface area contributed by atoms with E-state index in [1.807, 2.05) is 37.4 Å². The van der Waals surface area contributed by atoms with Gasteiger partial charge in [0, 0.05) is 11.4 Å². The monoisotopic (exact) mass is 355 g/mol. The largest absolute Gasteiger partial charge is 0.453 e. The van der Waals surface area contributed by atoms with Crippen molar-refractivity contribution in [2.45, 2.75) is 20.5 Å². The van der Waals surface area contributed by atoms with Crippen LogP contribution in [0.15, 0.2) is 34.3 Å². The van der Waals surface area contributed by atoms with Crippen molar-refractivity contribution < 1.29 is 13.9 Å². The Bertz CT molecular complexity index is 1050. The number of fused-ring (bicyclic) bond motifs is 1. The number of thiophene rings is 1. The third-order valence-corrected chi connectivity index (χ3v) is 4.29. The van der Waals surface area contributed by atoms with E-state index >= 15 is 0 Å². The van der Waals surface area contributed by atoms with Crippen LogP contribution in [0.25, 0.3) is 16.5 Å². The summed E-state index contributed by atoms with van der Waals surface area (Å²) in [7, 11) is 0. The first-order valence-corrected chi connectivity index (χ1v) is 8.34. The molecule has 126 valence electrons. The van der Waals surface area contributed by atoms with Crippen LogP contribution in [0.2, 0.25) is 0 Å². The Labute approximate surface area is 146 Å². The van der Waals surface area contributed by atoms with Gasteiger partial charge >= 0.3 is 5.97 Å². The second-order valence-electron chi connectivity index (χ2n) is 5.38. The Morgan fingerprint density at radius 2 is 2.20 bits per heavy atom. The molecule has 0 aromatic carbocycles. The van der Waals surface area contributed by atoms with E-state index in [1.54, 1.807) is 0 Å². The molecule has 0 radical (unpaired) electrons. The summed E-state index contributed by atoms with van der Waals surface area (Å²) in [4.78, 5) is 25.7. The van der Waals surface area contributed by atoms with Gasteiger partial charge in [0.05, 0.1) is 4.88 Å². The van der Waals surface area contributed by atoms with E-state index in [9.17, 15) is 4.79 Å². The maximum atomic E-state index is 12.2. The minimum absolute atomic E-state index is 0.0191. The number of ether oxygens (including phenoxy) is 1. The molecule has 0 spiro atoms. The second kappa shape index (κ2) is 6.10. The number of rotatable bonds is 4. The molecule has 0 aliphatic rings. The zero-order chi connectivity index (χ0) is 17.4. The average Bonchev–Trinajstić information content (AvgIpc) is 3.31. The van der Waals surface area contributed by atoms with Crippen LogP contribution in [0.5, 0.6) is 0 Å². The van der Waals surface area contributed by atoms with E-state index in [4.69, 9.17) is 9.15 Å². The normalized spacial score (nSPS) is 11.1. The zero-order valence-electron chi connectivity index (χ0n) is 13.5. The number of hydrogen-bond acceptors (Lipinski definition) is 8. The van der Waals surface area contributed by atoms with Gasteiger partial charge in [-0.25, -0.2) is 19.3 Å². The standard InChI is InChI=1S/C16H13N5O3S/c1-9-6-10(2)21-16(17-9)19-13(20-21)15(22)24-8-11-7-23-14(18-11)12-4-3-5-25-12/h3-7H,8H2,1-2H3. The summed E-state index contributed by atoms with van der Waals surface area (Å²) in [6.07, 6.45) is 1.47. The van der Waals surface area contributed by atoms with Gasteiger partial charge in [0.2, 0.25) is 5.89 Å². The Morgan fingerprint density at radius 3 is 3.00 bits per heavy atom. The fraction of sp³-hybridized carbons (Fsp3) is 0.188. The summed E-state index contributed by atoms with van der Waals surface area (Å²) in [5, 5.41) is 6.07. The number of aromatic nitrogens is 5. The lowest BCUT2D eigenvalue weighted by atomic mass is 10.4. The first-order valence-electron chi connectivity index (χ1n) is 7.46. The number of nitrogens with zero attached hydrogens (tertiary/aromatic N) is 5. The van der Waals surface area contributed by atoms with Crippen molar-refractivity contribution in [3.8, 4) is 10.8 Å². The molecule has 0 fully saturated rings. The van der Waals surface area contributed by atoms with Gasteiger partial charge in [0.15, 0.2) is 0 Å². The molecule has 4 heterocycles. The van der Waals surface area contributed by atoms with E-state index in [-0.39, 0.29) is 12.4 Å². The van der Waals surface area contributed by atoms with Crippen molar-refractivity contribution in [2.24, 2.45) is 0 Å². The van der Waals surface area contributed by atoms with Crippen LogP contribution in [0, 0.1) is 13.8 Å². The minimum Gasteiger partial charge on any atom is -0.453 e. The Hall–Kier alpha value is -3.07. The number of esters is 1. The molecule has 4 rings (SSSR count). The Morgan fingerprint density at radius 1 is 1.32 bits per heavy atom. The van der Waals surface area contributed by atoms with Crippen molar-refractivity contribution in [1.82, 2.24) is 24.6 Å². The smallest absolute Gasteiger partial charge is 0.378 e. The molecule has 0 unspecified atom stereocenters. The van der Waals surface area contributed by atoms with Gasteiger partial charge in [0.1, 0.15) is 18.6 Å². The van der Waals surface area contributed by atoms with E-state index in [2.05, 4.69) is 20.1 Å². The zero-order valence-corrected chi connectivity index (χ0v) is 14.3. The molecule has 8 nitrogen and oxygen atoms in total. The summed E-state index contributed by atoms with van der Waals surface area (Å²) in [6.45, 7) is 3.71. The van der Waals surface area contributed by atoms with Gasteiger partial charge < -0.3 is 9.15 Å². The molecule has 0 aliphatic heterocycles. The number of aryl methyl sites for hydroxylation is 2. The number of oxazole rings is 1. The van der Waals surface area contributed by atoms with Crippen molar-refractivity contribution in [2.75, 3.05) is 0 Å². The Balaban J connectivity index is 1.48. The summed E-state index contributed by atoms with van der Waals surface area (Å²) in [6, 6.07) is 5.68. The lowest BCUT2D eigenvalue weighted by Gasteiger charge is -1.98. The number of carbonyl (C=O) groups excluding carboxylic acids is 1. The summed E-state index contributed by atoms with van der Waals surface area (Å²) in [5.74, 6) is 0.194. The van der Waals surface area contributed by atoms with Gasteiger partial charge in [-0.2, -0.15) is 4.98 Å². The van der Waals surface area contributed by atoms with Gasteiger partial charge in [-0.3, -0.25) is 0 Å². The predicted octanol–water partition coefficient (Wildman–Crippen LogP) is 2.81. The number of hydrogen-bond donors (Lipinski definition) is 0. The quantitative estimate of drug-likeness (QED) is 0.519. The van der Waals surface area contributed by atoms with Crippen molar-refractivity contribution in [3.63, 3.8) is 0 Å². The maximum Gasteiger partial charge on any atom is 0.378 e. The van der Waals surface area contributed by atoms with E-state index in [0.717, 1.165) is 16.3 Å². The molecule has 25 heavy (non-hydrogen) atoms. The molecule has 9 heteroatoms. The van der Waals surface area contributed by atoms with Crippen molar-refractivity contribution >= 4 is 23.1 Å². The molecule has 4 aromatic rings. The van der Waals surface area contributed by atoms with Gasteiger partial charge in [-0.15, -0.1) is 16.4 Å². The van der Waals surface area contributed by atoms with E-state index in [1.165, 1.54) is 22.1 Å². The SMILES string of the molecule is Cc1cc(C)n2nc(C(=O)OCc3coc(-c4cccs4)n3)nc2n1. The van der Waals surface area contributed by atoms with Crippen LogP contribution in [0.1, 0.15) is 27.7 Å². The topological polar surface area (TPSA) is 95.4 Å². The molecule has 0 saturated carbocycles. The molecule has 0 aliphatic carbocycles. The predicted molar refractivity (Wildman–Crippen MR) is 89.2 cm³/mol. The maximum absolute atomic E-state index is 12.2. The summed E-state index contributed by atoms with van der Waals surface area (Å²) in [5.41, 5.74) is 2.16. The third kappa shape index (κ3) is 3.01. The van der Waals surface area contributed by atoms with Crippen LogP contribution in [0.3, 0.4) is 0 Å². The van der Waals surface area contributed by atoms with Crippen LogP contribution in [-0.2, 0) is 11.3 Å². The molecular weight excluding hydrogens is 342 g/mol. The molecule has 0 amide bonds. The minimum atomic E-state index is -0.636. The molecular formula is C16H13N5O3S. The lowest BCUT2D eigenvalue weighted by molar-refractivity contribution is 0.0453. The van der Waals surface area contributed by atoms with E-state index < -0.39 is 5.97 Å². The fourth-order valence-corrected chi connectivity index (χ4v) is 3.00. The van der Waals surface area contributed by atoms with Crippen molar-refractivity contribution in [3.05, 3.63) is 52.7 Å². The average molecular weight is 355 g/mol. The van der Waals surface area contributed by atoms with Crippen molar-refractivity contribution in [1.29, 1.82) is 0 Å². The first kappa shape index (κ1) is 15.5. The molecule has 0 N–H and O–H groups in total. The highest BCUT2D eigenvalue weighted by molar-refractivity contribution is 7.13. The van der Waals surface area contributed by atoms with Gasteiger partial charge in [-0.1, -0.05) is 6.07 Å². The summed E-state index contributed by atoms with van der Waals surface area (Å²) >= 11 is 1.52. The number of carbonyl (C=O) groups is 1. The Kier molecular flexibility index (Phi) is 3.77. The lowest BCUT2D eigenvalue weighted by Crippen LogP contribution is -2.08. The highest BCUT2D eigenvalue weighted by Gasteiger charge is 2.17. The third-order valence-electron chi connectivity index (χ3n) is 3.44. The highest BCUT2D eigenvalue weighted by atomic mass is 32.1. The van der Waals surface area contributed by atoms with Gasteiger partial charge in [0.25, 0.3) is 11.6 Å². The molecule has 0 bridgehead atoms. The second-order valence-corrected chi connectivity index (χ2v) is 6.33. The molecule has 0 saturated heterocycles. The van der Waals surface area contributed by atoms with Crippen LogP contribution in [0.4, 0.5) is 0 Å². The van der Waals surface area contributed by atoms with E-state index in [0.29, 0.717) is 17.4 Å².